The summed E-state index contributed by atoms with van der Waals surface area (Å²) < 4.78 is 5.12. The third-order valence-electron chi connectivity index (χ3n) is 2.87. The van der Waals surface area contributed by atoms with Gasteiger partial charge in [-0.3, -0.25) is 4.79 Å². The van der Waals surface area contributed by atoms with E-state index in [4.69, 9.17) is 4.74 Å². The molecule has 1 aromatic heterocycles. The molecule has 100 valence electrons. The van der Waals surface area contributed by atoms with Gasteiger partial charge in [0.15, 0.2) is 0 Å². The number of thiophene rings is 1. The van der Waals surface area contributed by atoms with Crippen LogP contribution in [0.25, 0.3) is 0 Å². The molecule has 1 heterocycles. The maximum Gasteiger partial charge on any atom is 0.203 e. The van der Waals surface area contributed by atoms with Crippen molar-refractivity contribution in [2.75, 3.05) is 7.11 Å². The Morgan fingerprint density at radius 1 is 1.32 bits per heavy atom. The Morgan fingerprint density at radius 2 is 2.11 bits per heavy atom. The van der Waals surface area contributed by atoms with Crippen LogP contribution in [0.4, 0.5) is 0 Å². The monoisotopic (exact) mass is 274 g/mol. The topological polar surface area (TPSA) is 26.3 Å². The van der Waals surface area contributed by atoms with Crippen LogP contribution in [0.2, 0.25) is 0 Å². The average Bonchev–Trinajstić information content (AvgIpc) is 2.86. The van der Waals surface area contributed by atoms with Crippen LogP contribution in [0.15, 0.2) is 35.7 Å². The zero-order chi connectivity index (χ0) is 13.8. The van der Waals surface area contributed by atoms with E-state index in [1.807, 2.05) is 23.6 Å². The lowest BCUT2D eigenvalue weighted by molar-refractivity contribution is 0.104. The SMILES string of the molecule is COc1csc(C(=O)c2cccc(CC(C)C)c2)c1. The number of benzene rings is 1. The van der Waals surface area contributed by atoms with Gasteiger partial charge in [0.05, 0.1) is 12.0 Å². The van der Waals surface area contributed by atoms with E-state index in [1.165, 1.54) is 16.9 Å². The highest BCUT2D eigenvalue weighted by Gasteiger charge is 2.12. The molecule has 0 radical (unpaired) electrons. The Labute approximate surface area is 118 Å². The van der Waals surface area contributed by atoms with Crippen molar-refractivity contribution in [3.63, 3.8) is 0 Å². The smallest absolute Gasteiger partial charge is 0.203 e. The number of carbonyl (C=O) groups is 1. The summed E-state index contributed by atoms with van der Waals surface area (Å²) in [6.45, 7) is 4.36. The van der Waals surface area contributed by atoms with Gasteiger partial charge in [-0.25, -0.2) is 0 Å². The van der Waals surface area contributed by atoms with E-state index in [9.17, 15) is 4.79 Å². The van der Waals surface area contributed by atoms with Gasteiger partial charge in [-0.2, -0.15) is 0 Å². The first kappa shape index (κ1) is 13.8. The second kappa shape index (κ2) is 6.02. The maximum atomic E-state index is 12.4. The minimum absolute atomic E-state index is 0.0684. The molecular weight excluding hydrogens is 256 g/mol. The van der Waals surface area contributed by atoms with Gasteiger partial charge >= 0.3 is 0 Å². The van der Waals surface area contributed by atoms with Crippen LogP contribution in [-0.4, -0.2) is 12.9 Å². The van der Waals surface area contributed by atoms with Crippen LogP contribution in [0.3, 0.4) is 0 Å². The largest absolute Gasteiger partial charge is 0.496 e. The summed E-state index contributed by atoms with van der Waals surface area (Å²) in [4.78, 5) is 13.1. The van der Waals surface area contributed by atoms with Crippen LogP contribution in [0, 0.1) is 5.92 Å². The van der Waals surface area contributed by atoms with E-state index in [1.54, 1.807) is 13.2 Å². The molecule has 0 atom stereocenters. The van der Waals surface area contributed by atoms with Crippen LogP contribution in [0.1, 0.15) is 34.6 Å². The standard InChI is InChI=1S/C16H18O2S/c1-11(2)7-12-5-4-6-13(8-12)16(17)15-9-14(18-3)10-19-15/h4-6,8-11H,7H2,1-3H3. The second-order valence-electron chi connectivity index (χ2n) is 4.98. The lowest BCUT2D eigenvalue weighted by Gasteiger charge is -2.06. The summed E-state index contributed by atoms with van der Waals surface area (Å²) >= 11 is 1.42. The molecule has 0 aliphatic carbocycles. The predicted octanol–water partition coefficient (Wildman–Crippen LogP) is 4.19. The number of hydrogen-bond donors (Lipinski definition) is 0. The number of rotatable bonds is 5. The summed E-state index contributed by atoms with van der Waals surface area (Å²) in [5, 5.41) is 1.85. The summed E-state index contributed by atoms with van der Waals surface area (Å²) in [7, 11) is 1.61. The maximum absolute atomic E-state index is 12.4. The molecule has 0 aliphatic rings. The zero-order valence-electron chi connectivity index (χ0n) is 11.5. The van der Waals surface area contributed by atoms with E-state index in [0.29, 0.717) is 5.92 Å². The number of ketones is 1. The summed E-state index contributed by atoms with van der Waals surface area (Å²) in [5.74, 6) is 1.40. The van der Waals surface area contributed by atoms with Crippen molar-refractivity contribution in [3.05, 3.63) is 51.7 Å². The van der Waals surface area contributed by atoms with Crippen LogP contribution in [0.5, 0.6) is 5.75 Å². The highest BCUT2D eigenvalue weighted by Crippen LogP contribution is 2.24. The van der Waals surface area contributed by atoms with Crippen LogP contribution < -0.4 is 4.74 Å². The number of methoxy groups -OCH3 is 1. The molecule has 0 saturated carbocycles. The summed E-state index contributed by atoms with van der Waals surface area (Å²) in [6.07, 6.45) is 0.995. The van der Waals surface area contributed by atoms with Crippen molar-refractivity contribution in [2.24, 2.45) is 5.92 Å². The number of carbonyl (C=O) groups excluding carboxylic acids is 1. The highest BCUT2D eigenvalue weighted by atomic mass is 32.1. The molecule has 0 unspecified atom stereocenters. The van der Waals surface area contributed by atoms with Crippen molar-refractivity contribution in [1.29, 1.82) is 0 Å². The molecular formula is C16H18O2S. The number of hydrogen-bond acceptors (Lipinski definition) is 3. The molecule has 0 N–H and O–H groups in total. The fourth-order valence-corrected chi connectivity index (χ4v) is 2.81. The minimum atomic E-state index is 0.0684. The summed E-state index contributed by atoms with van der Waals surface area (Å²) in [6, 6.07) is 9.69. The molecule has 0 spiro atoms. The first-order valence-electron chi connectivity index (χ1n) is 6.36. The Morgan fingerprint density at radius 3 is 2.74 bits per heavy atom. The fraction of sp³-hybridized carbons (Fsp3) is 0.312. The van der Waals surface area contributed by atoms with E-state index in [0.717, 1.165) is 22.6 Å². The molecule has 3 heteroatoms. The van der Waals surface area contributed by atoms with Crippen LogP contribution in [-0.2, 0) is 6.42 Å². The van der Waals surface area contributed by atoms with Gasteiger partial charge in [-0.15, -0.1) is 11.3 Å². The molecule has 0 saturated heterocycles. The van der Waals surface area contributed by atoms with Gasteiger partial charge in [0.25, 0.3) is 0 Å². The van der Waals surface area contributed by atoms with E-state index >= 15 is 0 Å². The van der Waals surface area contributed by atoms with Gasteiger partial charge in [-0.1, -0.05) is 32.0 Å². The van der Waals surface area contributed by atoms with Crippen molar-refractivity contribution >= 4 is 17.1 Å². The first-order valence-corrected chi connectivity index (χ1v) is 7.24. The van der Waals surface area contributed by atoms with Gasteiger partial charge in [0.1, 0.15) is 5.75 Å². The number of ether oxygens (including phenoxy) is 1. The lowest BCUT2D eigenvalue weighted by Crippen LogP contribution is -2.01. The quantitative estimate of drug-likeness (QED) is 0.764. The fourth-order valence-electron chi connectivity index (χ4n) is 2.00. The zero-order valence-corrected chi connectivity index (χ0v) is 12.3. The van der Waals surface area contributed by atoms with Gasteiger partial charge < -0.3 is 4.74 Å². The van der Waals surface area contributed by atoms with Crippen molar-refractivity contribution in [2.45, 2.75) is 20.3 Å². The predicted molar refractivity (Wildman–Crippen MR) is 79.3 cm³/mol. The average molecular weight is 274 g/mol. The molecule has 0 aliphatic heterocycles. The third-order valence-corrected chi connectivity index (χ3v) is 3.78. The molecule has 1 aromatic carbocycles. The highest BCUT2D eigenvalue weighted by molar-refractivity contribution is 7.12. The molecule has 0 amide bonds. The molecule has 19 heavy (non-hydrogen) atoms. The van der Waals surface area contributed by atoms with Crippen molar-refractivity contribution < 1.29 is 9.53 Å². The first-order chi connectivity index (χ1) is 9.10. The van der Waals surface area contributed by atoms with Gasteiger partial charge in [-0.05, 0) is 24.0 Å². The van der Waals surface area contributed by atoms with Crippen molar-refractivity contribution in [1.82, 2.24) is 0 Å². The van der Waals surface area contributed by atoms with Gasteiger partial charge in [0.2, 0.25) is 5.78 Å². The van der Waals surface area contributed by atoms with E-state index in [2.05, 4.69) is 19.9 Å². The molecule has 0 fully saturated rings. The Kier molecular flexibility index (Phi) is 4.38. The Balaban J connectivity index is 2.23. The lowest BCUT2D eigenvalue weighted by atomic mass is 9.99. The molecule has 2 aromatic rings. The van der Waals surface area contributed by atoms with E-state index in [-0.39, 0.29) is 5.78 Å². The second-order valence-corrected chi connectivity index (χ2v) is 5.89. The summed E-state index contributed by atoms with van der Waals surface area (Å²) in [5.41, 5.74) is 1.96. The molecule has 2 nitrogen and oxygen atoms in total. The molecule has 0 bridgehead atoms. The Hall–Kier alpha value is -1.61. The third kappa shape index (κ3) is 3.44. The van der Waals surface area contributed by atoms with Crippen molar-refractivity contribution in [3.8, 4) is 5.75 Å². The molecule has 2 rings (SSSR count). The van der Waals surface area contributed by atoms with Crippen LogP contribution >= 0.6 is 11.3 Å². The Bertz CT molecular complexity index is 570. The van der Waals surface area contributed by atoms with E-state index < -0.39 is 0 Å². The minimum Gasteiger partial charge on any atom is -0.496 e. The van der Waals surface area contributed by atoms with Gasteiger partial charge in [0, 0.05) is 17.0 Å². The normalized spacial score (nSPS) is 10.7.